The Balaban J connectivity index is 1.84. The molecule has 126 valence electrons. The molecule has 0 radical (unpaired) electrons. The van der Waals surface area contributed by atoms with Crippen molar-refractivity contribution in [1.29, 1.82) is 0 Å². The first-order valence-electron chi connectivity index (χ1n) is 7.78. The number of H-pyrrole nitrogens is 1. The number of benzene rings is 1. The highest BCUT2D eigenvalue weighted by atomic mass is 16.5. The SMILES string of the molecule is COc1ccccc1[C@H]1CN(C(=O)c2ccc(=O)[nH]n2)CCN1C. The number of para-hydroxylation sites is 1. The summed E-state index contributed by atoms with van der Waals surface area (Å²) >= 11 is 0. The van der Waals surface area contributed by atoms with Crippen LogP contribution in [0.2, 0.25) is 0 Å². The molecule has 1 N–H and O–H groups in total. The van der Waals surface area contributed by atoms with E-state index in [4.69, 9.17) is 4.74 Å². The Bertz CT molecular complexity index is 769. The van der Waals surface area contributed by atoms with Gasteiger partial charge in [-0.15, -0.1) is 0 Å². The van der Waals surface area contributed by atoms with Crippen molar-refractivity contribution in [2.24, 2.45) is 0 Å². The Morgan fingerprint density at radius 3 is 2.75 bits per heavy atom. The van der Waals surface area contributed by atoms with E-state index in [1.807, 2.05) is 31.3 Å². The van der Waals surface area contributed by atoms with E-state index < -0.39 is 0 Å². The van der Waals surface area contributed by atoms with Crippen molar-refractivity contribution in [3.63, 3.8) is 0 Å². The maximum absolute atomic E-state index is 12.6. The standard InChI is InChI=1S/C17H20N4O3/c1-20-9-10-21(17(23)13-7-8-16(22)19-18-13)11-14(20)12-5-3-4-6-15(12)24-2/h3-8,14H,9-11H2,1-2H3,(H,19,22)/t14-/m1/s1. The number of aromatic amines is 1. The van der Waals surface area contributed by atoms with Crippen LogP contribution < -0.4 is 10.3 Å². The van der Waals surface area contributed by atoms with Gasteiger partial charge in [-0.25, -0.2) is 5.10 Å². The topological polar surface area (TPSA) is 78.5 Å². The molecule has 1 aromatic carbocycles. The molecule has 2 aromatic rings. The quantitative estimate of drug-likeness (QED) is 0.906. The van der Waals surface area contributed by atoms with E-state index in [-0.39, 0.29) is 23.2 Å². The Morgan fingerprint density at radius 1 is 1.25 bits per heavy atom. The van der Waals surface area contributed by atoms with Crippen molar-refractivity contribution in [2.45, 2.75) is 6.04 Å². The molecule has 2 heterocycles. The van der Waals surface area contributed by atoms with E-state index >= 15 is 0 Å². The fourth-order valence-corrected chi connectivity index (χ4v) is 2.96. The summed E-state index contributed by atoms with van der Waals surface area (Å²) in [5.41, 5.74) is 0.976. The summed E-state index contributed by atoms with van der Waals surface area (Å²) in [5.74, 6) is 0.630. The summed E-state index contributed by atoms with van der Waals surface area (Å²) in [6.07, 6.45) is 0. The van der Waals surface area contributed by atoms with Gasteiger partial charge in [-0.1, -0.05) is 18.2 Å². The number of nitrogens with zero attached hydrogens (tertiary/aromatic N) is 3. The van der Waals surface area contributed by atoms with E-state index in [0.29, 0.717) is 13.1 Å². The molecule has 1 aromatic heterocycles. The lowest BCUT2D eigenvalue weighted by Crippen LogP contribution is -2.49. The Labute approximate surface area is 139 Å². The first-order valence-corrected chi connectivity index (χ1v) is 7.78. The van der Waals surface area contributed by atoms with Crippen LogP contribution in [0.15, 0.2) is 41.2 Å². The lowest BCUT2D eigenvalue weighted by molar-refractivity contribution is 0.0535. The first kappa shape index (κ1) is 16.2. The number of likely N-dealkylation sites (N-methyl/N-ethyl adjacent to an activating group) is 1. The Kier molecular flexibility index (Phi) is 4.61. The molecule has 1 amide bonds. The Morgan fingerprint density at radius 2 is 2.04 bits per heavy atom. The van der Waals surface area contributed by atoms with Crippen molar-refractivity contribution in [3.05, 3.63) is 58.0 Å². The summed E-state index contributed by atoms with van der Waals surface area (Å²) in [4.78, 5) is 27.7. The number of methoxy groups -OCH3 is 1. The fourth-order valence-electron chi connectivity index (χ4n) is 2.96. The second-order valence-corrected chi connectivity index (χ2v) is 5.80. The van der Waals surface area contributed by atoms with Crippen LogP contribution in [-0.4, -0.2) is 59.7 Å². The predicted molar refractivity (Wildman–Crippen MR) is 89.1 cm³/mol. The van der Waals surface area contributed by atoms with Crippen molar-refractivity contribution < 1.29 is 9.53 Å². The summed E-state index contributed by atoms with van der Waals surface area (Å²) in [5, 5.41) is 6.14. The molecule has 0 aliphatic carbocycles. The highest BCUT2D eigenvalue weighted by molar-refractivity contribution is 5.92. The van der Waals surface area contributed by atoms with Crippen LogP contribution in [-0.2, 0) is 0 Å². The van der Waals surface area contributed by atoms with E-state index in [1.165, 1.54) is 12.1 Å². The molecule has 1 aliphatic rings. The number of hydrogen-bond donors (Lipinski definition) is 1. The van der Waals surface area contributed by atoms with Gasteiger partial charge in [-0.05, 0) is 19.2 Å². The molecular weight excluding hydrogens is 308 g/mol. The highest BCUT2D eigenvalue weighted by Crippen LogP contribution is 2.31. The van der Waals surface area contributed by atoms with Gasteiger partial charge in [0, 0.05) is 31.3 Å². The van der Waals surface area contributed by atoms with Gasteiger partial charge in [0.25, 0.3) is 11.5 Å². The number of aromatic nitrogens is 2. The highest BCUT2D eigenvalue weighted by Gasteiger charge is 2.31. The van der Waals surface area contributed by atoms with Crippen molar-refractivity contribution in [3.8, 4) is 5.75 Å². The maximum Gasteiger partial charge on any atom is 0.274 e. The van der Waals surface area contributed by atoms with Gasteiger partial charge in [0.15, 0.2) is 0 Å². The zero-order valence-electron chi connectivity index (χ0n) is 13.7. The number of nitrogens with one attached hydrogen (secondary N) is 1. The van der Waals surface area contributed by atoms with Gasteiger partial charge < -0.3 is 9.64 Å². The van der Waals surface area contributed by atoms with E-state index in [9.17, 15) is 9.59 Å². The minimum absolute atomic E-state index is 0.0432. The second-order valence-electron chi connectivity index (χ2n) is 5.80. The molecule has 7 heteroatoms. The minimum atomic E-state index is -0.322. The van der Waals surface area contributed by atoms with Crippen molar-refractivity contribution in [1.82, 2.24) is 20.0 Å². The minimum Gasteiger partial charge on any atom is -0.496 e. The number of rotatable bonds is 3. The van der Waals surface area contributed by atoms with Gasteiger partial charge in [0.2, 0.25) is 0 Å². The van der Waals surface area contributed by atoms with Crippen LogP contribution in [0.5, 0.6) is 5.75 Å². The molecule has 1 saturated heterocycles. The summed E-state index contributed by atoms with van der Waals surface area (Å²) < 4.78 is 5.46. The van der Waals surface area contributed by atoms with Gasteiger partial charge in [-0.2, -0.15) is 5.10 Å². The molecule has 0 unspecified atom stereocenters. The second kappa shape index (κ2) is 6.84. The molecule has 1 aliphatic heterocycles. The van der Waals surface area contributed by atoms with E-state index in [1.54, 1.807) is 12.0 Å². The molecule has 3 rings (SSSR count). The summed E-state index contributed by atoms with van der Waals surface area (Å²) in [6.45, 7) is 1.90. The predicted octanol–water partition coefficient (Wildman–Crippen LogP) is 0.907. The number of ether oxygens (including phenoxy) is 1. The van der Waals surface area contributed by atoms with Crippen LogP contribution in [0.4, 0.5) is 0 Å². The molecular formula is C17H20N4O3. The molecule has 1 fully saturated rings. The lowest BCUT2D eigenvalue weighted by Gasteiger charge is -2.39. The monoisotopic (exact) mass is 328 g/mol. The number of hydrogen-bond acceptors (Lipinski definition) is 5. The number of piperazine rings is 1. The number of carbonyl (C=O) groups excluding carboxylic acids is 1. The van der Waals surface area contributed by atoms with Gasteiger partial charge >= 0.3 is 0 Å². The molecule has 0 spiro atoms. The first-order chi connectivity index (χ1) is 11.6. The number of amides is 1. The van der Waals surface area contributed by atoms with Crippen LogP contribution in [0.1, 0.15) is 22.1 Å². The number of carbonyl (C=O) groups is 1. The zero-order chi connectivity index (χ0) is 17.1. The molecule has 1 atom stereocenters. The third kappa shape index (κ3) is 3.16. The zero-order valence-corrected chi connectivity index (χ0v) is 13.7. The van der Waals surface area contributed by atoms with Gasteiger partial charge in [0.05, 0.1) is 13.2 Å². The van der Waals surface area contributed by atoms with Gasteiger partial charge in [0.1, 0.15) is 11.4 Å². The van der Waals surface area contributed by atoms with E-state index in [0.717, 1.165) is 17.9 Å². The van der Waals surface area contributed by atoms with Crippen molar-refractivity contribution >= 4 is 5.91 Å². The maximum atomic E-state index is 12.6. The third-order valence-corrected chi connectivity index (χ3v) is 4.33. The third-order valence-electron chi connectivity index (χ3n) is 4.33. The summed E-state index contributed by atoms with van der Waals surface area (Å²) in [7, 11) is 3.69. The van der Waals surface area contributed by atoms with Crippen LogP contribution in [0, 0.1) is 0 Å². The summed E-state index contributed by atoms with van der Waals surface area (Å²) in [6, 6.07) is 10.7. The molecule has 7 nitrogen and oxygen atoms in total. The van der Waals surface area contributed by atoms with Crippen LogP contribution in [0.25, 0.3) is 0 Å². The largest absolute Gasteiger partial charge is 0.496 e. The molecule has 0 saturated carbocycles. The van der Waals surface area contributed by atoms with E-state index in [2.05, 4.69) is 15.1 Å². The normalized spacial score (nSPS) is 18.4. The smallest absolute Gasteiger partial charge is 0.274 e. The average Bonchev–Trinajstić information content (AvgIpc) is 2.62. The van der Waals surface area contributed by atoms with Crippen LogP contribution >= 0.6 is 0 Å². The lowest BCUT2D eigenvalue weighted by atomic mass is 10.0. The Hall–Kier alpha value is -2.67. The molecule has 0 bridgehead atoms. The average molecular weight is 328 g/mol. The molecule has 24 heavy (non-hydrogen) atoms. The van der Waals surface area contributed by atoms with Crippen LogP contribution in [0.3, 0.4) is 0 Å². The van der Waals surface area contributed by atoms with Gasteiger partial charge in [-0.3, -0.25) is 14.5 Å². The van der Waals surface area contributed by atoms with Crippen molar-refractivity contribution in [2.75, 3.05) is 33.8 Å². The fraction of sp³-hybridized carbons (Fsp3) is 0.353.